The molecular weight excluding hydrogens is 226 g/mol. The van der Waals surface area contributed by atoms with Crippen molar-refractivity contribution < 1.29 is 13.5 Å². The van der Waals surface area contributed by atoms with E-state index in [1.54, 1.807) is 0 Å². The van der Waals surface area contributed by atoms with Crippen LogP contribution in [0.25, 0.3) is 0 Å². The molecule has 0 spiro atoms. The van der Waals surface area contributed by atoms with Crippen molar-refractivity contribution in [3.05, 3.63) is 0 Å². The molecule has 1 aliphatic carbocycles. The smallest absolute Gasteiger partial charge is 0.153 e. The first-order valence-electron chi connectivity index (χ1n) is 6.14. The second-order valence-electron chi connectivity index (χ2n) is 5.12. The topological polar surface area (TPSA) is 57.6 Å². The molecule has 0 bridgehead atoms. The zero-order valence-electron chi connectivity index (χ0n) is 9.80. The maximum absolute atomic E-state index is 11.5. The Morgan fingerprint density at radius 3 is 2.56 bits per heavy atom. The lowest BCUT2D eigenvalue weighted by molar-refractivity contribution is 0.00664. The normalized spacial score (nSPS) is 40.8. The van der Waals surface area contributed by atoms with Gasteiger partial charge in [-0.1, -0.05) is 12.8 Å². The van der Waals surface area contributed by atoms with E-state index in [0.717, 1.165) is 25.7 Å². The van der Waals surface area contributed by atoms with Crippen LogP contribution in [-0.4, -0.2) is 54.7 Å². The molecule has 0 radical (unpaired) electrons. The highest BCUT2D eigenvalue weighted by Crippen LogP contribution is 2.26. The van der Waals surface area contributed by atoms with E-state index in [9.17, 15) is 13.5 Å². The molecule has 1 aliphatic heterocycles. The molecule has 0 amide bonds. The monoisotopic (exact) mass is 247 g/mol. The van der Waals surface area contributed by atoms with Gasteiger partial charge in [0.25, 0.3) is 0 Å². The number of aliphatic hydroxyl groups is 1. The van der Waals surface area contributed by atoms with Gasteiger partial charge in [0, 0.05) is 18.6 Å². The average molecular weight is 247 g/mol. The molecule has 1 heterocycles. The lowest BCUT2D eigenvalue weighted by atomic mass is 9.90. The summed E-state index contributed by atoms with van der Waals surface area (Å²) in [5.41, 5.74) is 0. The average Bonchev–Trinajstić information content (AvgIpc) is 2.18. The van der Waals surface area contributed by atoms with Gasteiger partial charge in [0.05, 0.1) is 17.6 Å². The Morgan fingerprint density at radius 2 is 1.94 bits per heavy atom. The summed E-state index contributed by atoms with van der Waals surface area (Å²) in [5, 5.41) is 9.98. The Hall–Kier alpha value is -0.130. The largest absolute Gasteiger partial charge is 0.391 e. The fraction of sp³-hybridized carbons (Fsp3) is 1.00. The van der Waals surface area contributed by atoms with Crippen LogP contribution in [0.1, 0.15) is 32.6 Å². The van der Waals surface area contributed by atoms with E-state index in [1.165, 1.54) is 0 Å². The van der Waals surface area contributed by atoms with E-state index in [1.807, 2.05) is 6.92 Å². The van der Waals surface area contributed by atoms with Crippen molar-refractivity contribution in [2.24, 2.45) is 0 Å². The van der Waals surface area contributed by atoms with Crippen LogP contribution in [-0.2, 0) is 9.84 Å². The summed E-state index contributed by atoms with van der Waals surface area (Å²) < 4.78 is 23.0. The first-order valence-corrected chi connectivity index (χ1v) is 7.96. The fourth-order valence-electron chi connectivity index (χ4n) is 2.98. The Labute approximate surface area is 97.6 Å². The van der Waals surface area contributed by atoms with E-state index < -0.39 is 9.84 Å². The van der Waals surface area contributed by atoms with Crippen LogP contribution in [0.2, 0.25) is 0 Å². The molecule has 0 aromatic carbocycles. The van der Waals surface area contributed by atoms with E-state index in [2.05, 4.69) is 4.90 Å². The quantitative estimate of drug-likeness (QED) is 0.729. The third-order valence-electron chi connectivity index (χ3n) is 3.84. The van der Waals surface area contributed by atoms with Crippen molar-refractivity contribution in [3.8, 4) is 0 Å². The fourth-order valence-corrected chi connectivity index (χ4v) is 4.56. The molecule has 94 valence electrons. The van der Waals surface area contributed by atoms with Crippen molar-refractivity contribution in [3.63, 3.8) is 0 Å². The molecule has 16 heavy (non-hydrogen) atoms. The van der Waals surface area contributed by atoms with E-state index >= 15 is 0 Å². The number of hydrogen-bond donors (Lipinski definition) is 1. The Kier molecular flexibility index (Phi) is 3.56. The summed E-state index contributed by atoms with van der Waals surface area (Å²) in [6.45, 7) is 2.54. The SMILES string of the molecule is CC1CS(=O)(=O)CCN1[C@@H]1CCCC[C@H]1O. The first-order chi connectivity index (χ1) is 7.49. The second kappa shape index (κ2) is 4.63. The van der Waals surface area contributed by atoms with Gasteiger partial charge in [-0.25, -0.2) is 8.42 Å². The Morgan fingerprint density at radius 1 is 1.25 bits per heavy atom. The standard InChI is InChI=1S/C11H21NO3S/c1-9-8-16(14,15)7-6-12(9)10-4-2-3-5-11(10)13/h9-11,13H,2-8H2,1H3/t9?,10-,11-/m1/s1. The van der Waals surface area contributed by atoms with Crippen molar-refractivity contribution in [2.75, 3.05) is 18.1 Å². The van der Waals surface area contributed by atoms with Gasteiger partial charge >= 0.3 is 0 Å². The van der Waals surface area contributed by atoms with Gasteiger partial charge in [-0.05, 0) is 19.8 Å². The zero-order valence-corrected chi connectivity index (χ0v) is 10.6. The van der Waals surface area contributed by atoms with Crippen molar-refractivity contribution in [2.45, 2.75) is 50.8 Å². The van der Waals surface area contributed by atoms with Gasteiger partial charge in [-0.2, -0.15) is 0 Å². The van der Waals surface area contributed by atoms with Crippen LogP contribution >= 0.6 is 0 Å². The van der Waals surface area contributed by atoms with Gasteiger partial charge in [0.1, 0.15) is 0 Å². The van der Waals surface area contributed by atoms with Gasteiger partial charge in [0.2, 0.25) is 0 Å². The van der Waals surface area contributed by atoms with Crippen LogP contribution in [0, 0.1) is 0 Å². The summed E-state index contributed by atoms with van der Waals surface area (Å²) in [7, 11) is -2.84. The molecule has 3 atom stereocenters. The molecule has 2 aliphatic rings. The number of nitrogens with zero attached hydrogens (tertiary/aromatic N) is 1. The summed E-state index contributed by atoms with van der Waals surface area (Å²) in [6.07, 6.45) is 3.85. The molecule has 5 heteroatoms. The molecule has 1 N–H and O–H groups in total. The van der Waals surface area contributed by atoms with Crippen LogP contribution in [0.5, 0.6) is 0 Å². The van der Waals surface area contributed by atoms with Gasteiger partial charge in [0.15, 0.2) is 9.84 Å². The van der Waals surface area contributed by atoms with Crippen molar-refractivity contribution in [1.29, 1.82) is 0 Å². The number of hydrogen-bond acceptors (Lipinski definition) is 4. The Balaban J connectivity index is 2.04. The number of rotatable bonds is 1. The predicted molar refractivity (Wildman–Crippen MR) is 63.1 cm³/mol. The van der Waals surface area contributed by atoms with Crippen molar-refractivity contribution >= 4 is 9.84 Å². The molecule has 0 aromatic rings. The molecular formula is C11H21NO3S. The number of sulfone groups is 1. The zero-order chi connectivity index (χ0) is 11.8. The lowest BCUT2D eigenvalue weighted by Gasteiger charge is -2.43. The molecule has 1 saturated heterocycles. The maximum Gasteiger partial charge on any atom is 0.153 e. The van der Waals surface area contributed by atoms with E-state index in [4.69, 9.17) is 0 Å². The molecule has 2 rings (SSSR count). The summed E-state index contributed by atoms with van der Waals surface area (Å²) in [6, 6.07) is 0.232. The van der Waals surface area contributed by atoms with Gasteiger partial charge in [-0.15, -0.1) is 0 Å². The predicted octanol–water partition coefficient (Wildman–Crippen LogP) is 0.409. The second-order valence-corrected chi connectivity index (χ2v) is 7.35. The highest BCUT2D eigenvalue weighted by atomic mass is 32.2. The van der Waals surface area contributed by atoms with Crippen LogP contribution in [0.3, 0.4) is 0 Å². The molecule has 2 fully saturated rings. The summed E-state index contributed by atoms with van der Waals surface area (Å²) in [5.74, 6) is 0.497. The molecule has 4 nitrogen and oxygen atoms in total. The Bertz CT molecular complexity index is 341. The first kappa shape index (κ1) is 12.3. The van der Waals surface area contributed by atoms with E-state index in [0.29, 0.717) is 6.54 Å². The molecule has 0 aromatic heterocycles. The molecule has 1 unspecified atom stereocenters. The van der Waals surface area contributed by atoms with Crippen molar-refractivity contribution in [1.82, 2.24) is 4.90 Å². The highest BCUT2D eigenvalue weighted by molar-refractivity contribution is 7.91. The van der Waals surface area contributed by atoms with Gasteiger partial charge in [-0.3, -0.25) is 4.90 Å². The minimum absolute atomic E-state index is 0.0523. The minimum atomic E-state index is -2.84. The maximum atomic E-state index is 11.5. The summed E-state index contributed by atoms with van der Waals surface area (Å²) in [4.78, 5) is 2.20. The van der Waals surface area contributed by atoms with Gasteiger partial charge < -0.3 is 5.11 Å². The molecule has 1 saturated carbocycles. The minimum Gasteiger partial charge on any atom is -0.391 e. The third-order valence-corrected chi connectivity index (χ3v) is 5.64. The van der Waals surface area contributed by atoms with Crippen LogP contribution < -0.4 is 0 Å². The lowest BCUT2D eigenvalue weighted by Crippen LogP contribution is -2.56. The number of aliphatic hydroxyl groups excluding tert-OH is 1. The van der Waals surface area contributed by atoms with Crippen LogP contribution in [0.4, 0.5) is 0 Å². The highest BCUT2D eigenvalue weighted by Gasteiger charge is 2.36. The van der Waals surface area contributed by atoms with E-state index in [-0.39, 0.29) is 29.7 Å². The third kappa shape index (κ3) is 2.57. The summed E-state index contributed by atoms with van der Waals surface area (Å²) >= 11 is 0. The van der Waals surface area contributed by atoms with Crippen LogP contribution in [0.15, 0.2) is 0 Å².